The first-order valence-electron chi connectivity index (χ1n) is 5.60. The van der Waals surface area contributed by atoms with Crippen molar-refractivity contribution in [2.75, 3.05) is 11.1 Å². The predicted octanol–water partition coefficient (Wildman–Crippen LogP) is 3.62. The molecule has 0 fully saturated rings. The molecule has 2 rings (SSSR count). The molecule has 5 heteroatoms. The summed E-state index contributed by atoms with van der Waals surface area (Å²) in [6, 6.07) is 9.11. The number of nitrogens with one attached hydrogen (secondary N) is 1. The van der Waals surface area contributed by atoms with Gasteiger partial charge in [0.1, 0.15) is 5.82 Å². The molecule has 0 heterocycles. The largest absolute Gasteiger partial charge is 0.398 e. The smallest absolute Gasteiger partial charge is 0.255 e. The lowest BCUT2D eigenvalue weighted by Gasteiger charge is -2.10. The third-order valence-electron chi connectivity index (χ3n) is 2.72. The van der Waals surface area contributed by atoms with Crippen LogP contribution in [0.3, 0.4) is 0 Å². The number of halogens is 2. The van der Waals surface area contributed by atoms with Crippen LogP contribution in [0.5, 0.6) is 0 Å². The van der Waals surface area contributed by atoms with Gasteiger partial charge in [0.15, 0.2) is 0 Å². The minimum atomic E-state index is -0.477. The summed E-state index contributed by atoms with van der Waals surface area (Å²) in [6.45, 7) is 1.72. The first-order valence-corrected chi connectivity index (χ1v) is 5.98. The lowest BCUT2D eigenvalue weighted by molar-refractivity contribution is 0.102. The maximum Gasteiger partial charge on any atom is 0.255 e. The van der Waals surface area contributed by atoms with E-state index < -0.39 is 11.7 Å². The number of para-hydroxylation sites is 1. The van der Waals surface area contributed by atoms with Crippen LogP contribution in [-0.2, 0) is 0 Å². The van der Waals surface area contributed by atoms with E-state index in [1.807, 2.05) is 0 Å². The zero-order valence-corrected chi connectivity index (χ0v) is 11.0. The molecule has 98 valence electrons. The molecule has 0 saturated heterocycles. The van der Waals surface area contributed by atoms with Crippen molar-refractivity contribution in [1.82, 2.24) is 0 Å². The van der Waals surface area contributed by atoms with Crippen LogP contribution >= 0.6 is 11.6 Å². The molecule has 0 unspecified atom stereocenters. The van der Waals surface area contributed by atoms with Gasteiger partial charge in [-0.2, -0.15) is 0 Å². The van der Waals surface area contributed by atoms with E-state index in [1.54, 1.807) is 19.1 Å². The lowest BCUT2D eigenvalue weighted by Crippen LogP contribution is -2.14. The number of amides is 1. The SMILES string of the molecule is Cc1cccc(F)c1NC(=O)c1ccc(N)c(Cl)c1. The number of benzene rings is 2. The second kappa shape index (κ2) is 5.28. The van der Waals surface area contributed by atoms with Crippen LogP contribution < -0.4 is 11.1 Å². The van der Waals surface area contributed by atoms with Crippen LogP contribution in [0.1, 0.15) is 15.9 Å². The van der Waals surface area contributed by atoms with E-state index in [4.69, 9.17) is 17.3 Å². The molecule has 0 aliphatic rings. The summed E-state index contributed by atoms with van der Waals surface area (Å²) >= 11 is 5.84. The van der Waals surface area contributed by atoms with Gasteiger partial charge in [-0.3, -0.25) is 4.79 Å². The van der Waals surface area contributed by atoms with Gasteiger partial charge in [-0.15, -0.1) is 0 Å². The molecule has 0 spiro atoms. The van der Waals surface area contributed by atoms with E-state index in [9.17, 15) is 9.18 Å². The highest BCUT2D eigenvalue weighted by Gasteiger charge is 2.12. The zero-order chi connectivity index (χ0) is 14.0. The fourth-order valence-corrected chi connectivity index (χ4v) is 1.82. The van der Waals surface area contributed by atoms with Gasteiger partial charge >= 0.3 is 0 Å². The minimum absolute atomic E-state index is 0.167. The van der Waals surface area contributed by atoms with E-state index >= 15 is 0 Å². The van der Waals surface area contributed by atoms with E-state index in [0.717, 1.165) is 0 Å². The molecule has 0 bridgehead atoms. The lowest BCUT2D eigenvalue weighted by atomic mass is 10.1. The first kappa shape index (κ1) is 13.4. The average molecular weight is 279 g/mol. The Kier molecular flexibility index (Phi) is 3.71. The van der Waals surface area contributed by atoms with Crippen LogP contribution in [0, 0.1) is 12.7 Å². The number of nitrogens with two attached hydrogens (primary N) is 1. The van der Waals surface area contributed by atoms with Crippen LogP contribution in [0.25, 0.3) is 0 Å². The molecule has 19 heavy (non-hydrogen) atoms. The Balaban J connectivity index is 2.28. The fourth-order valence-electron chi connectivity index (χ4n) is 1.64. The minimum Gasteiger partial charge on any atom is -0.398 e. The van der Waals surface area contributed by atoms with Crippen LogP contribution in [0.4, 0.5) is 15.8 Å². The molecule has 1 amide bonds. The standard InChI is InChI=1S/C14H12ClFN2O/c1-8-3-2-4-11(16)13(8)18-14(19)9-5-6-12(17)10(15)7-9/h2-7H,17H2,1H3,(H,18,19). The number of aryl methyl sites for hydroxylation is 1. The Bertz CT molecular complexity index is 623. The Hall–Kier alpha value is -2.07. The van der Waals surface area contributed by atoms with Crippen LogP contribution in [-0.4, -0.2) is 5.91 Å². The number of nitrogen functional groups attached to an aromatic ring is 1. The average Bonchev–Trinajstić information content (AvgIpc) is 2.37. The quantitative estimate of drug-likeness (QED) is 0.824. The number of hydrogen-bond acceptors (Lipinski definition) is 2. The van der Waals surface area contributed by atoms with Crippen molar-refractivity contribution in [1.29, 1.82) is 0 Å². The summed E-state index contributed by atoms with van der Waals surface area (Å²) < 4.78 is 13.6. The molecule has 0 aromatic heterocycles. The molecule has 2 aromatic carbocycles. The van der Waals surface area contributed by atoms with Crippen molar-refractivity contribution in [2.24, 2.45) is 0 Å². The summed E-state index contributed by atoms with van der Waals surface area (Å²) in [7, 11) is 0. The zero-order valence-electron chi connectivity index (χ0n) is 10.2. The highest BCUT2D eigenvalue weighted by Crippen LogP contribution is 2.22. The highest BCUT2D eigenvalue weighted by atomic mass is 35.5. The fraction of sp³-hybridized carbons (Fsp3) is 0.0714. The van der Waals surface area contributed by atoms with Gasteiger partial charge in [0.25, 0.3) is 5.91 Å². The number of carbonyl (C=O) groups excluding carboxylic acids is 1. The van der Waals surface area contributed by atoms with Crippen LogP contribution in [0.15, 0.2) is 36.4 Å². The van der Waals surface area contributed by atoms with Gasteiger partial charge < -0.3 is 11.1 Å². The Morgan fingerprint density at radius 1 is 1.32 bits per heavy atom. The summed E-state index contributed by atoms with van der Waals surface area (Å²) in [5.74, 6) is -0.912. The van der Waals surface area contributed by atoms with E-state index in [-0.39, 0.29) is 10.7 Å². The maximum atomic E-state index is 13.6. The monoisotopic (exact) mass is 278 g/mol. The molecule has 0 radical (unpaired) electrons. The van der Waals surface area contributed by atoms with Gasteiger partial charge in [0.2, 0.25) is 0 Å². The number of hydrogen-bond donors (Lipinski definition) is 2. The van der Waals surface area contributed by atoms with E-state index in [1.165, 1.54) is 24.3 Å². The van der Waals surface area contributed by atoms with Crippen molar-refractivity contribution >= 4 is 28.9 Å². The van der Waals surface area contributed by atoms with Crippen molar-refractivity contribution < 1.29 is 9.18 Å². The van der Waals surface area contributed by atoms with Crippen molar-refractivity contribution in [3.05, 3.63) is 58.4 Å². The van der Waals surface area contributed by atoms with Crippen LogP contribution in [0.2, 0.25) is 5.02 Å². The molecule has 0 aliphatic heterocycles. The molecular formula is C14H12ClFN2O. The van der Waals surface area contributed by atoms with Crippen molar-refractivity contribution in [2.45, 2.75) is 6.92 Å². The number of rotatable bonds is 2. The number of anilines is 2. The Morgan fingerprint density at radius 3 is 2.68 bits per heavy atom. The molecule has 0 atom stereocenters. The third-order valence-corrected chi connectivity index (χ3v) is 3.05. The molecule has 0 saturated carbocycles. The molecule has 3 N–H and O–H groups in total. The summed E-state index contributed by atoms with van der Waals surface area (Å²) in [6.07, 6.45) is 0. The normalized spacial score (nSPS) is 10.3. The van der Waals surface area contributed by atoms with E-state index in [2.05, 4.69) is 5.32 Å². The Morgan fingerprint density at radius 2 is 2.05 bits per heavy atom. The second-order valence-electron chi connectivity index (χ2n) is 4.12. The molecular weight excluding hydrogens is 267 g/mol. The predicted molar refractivity (Wildman–Crippen MR) is 75.0 cm³/mol. The summed E-state index contributed by atoms with van der Waals surface area (Å²) in [4.78, 5) is 12.0. The van der Waals surface area contributed by atoms with Gasteiger partial charge in [-0.1, -0.05) is 23.7 Å². The van der Waals surface area contributed by atoms with Gasteiger partial charge in [-0.25, -0.2) is 4.39 Å². The number of carbonyl (C=O) groups is 1. The molecule has 3 nitrogen and oxygen atoms in total. The topological polar surface area (TPSA) is 55.1 Å². The van der Waals surface area contributed by atoms with Gasteiger partial charge in [-0.05, 0) is 36.8 Å². The van der Waals surface area contributed by atoms with Crippen molar-refractivity contribution in [3.63, 3.8) is 0 Å². The van der Waals surface area contributed by atoms with Crippen molar-refractivity contribution in [3.8, 4) is 0 Å². The first-order chi connectivity index (χ1) is 8.99. The Labute approximate surface area is 115 Å². The van der Waals surface area contributed by atoms with Gasteiger partial charge in [0, 0.05) is 5.56 Å². The van der Waals surface area contributed by atoms with E-state index in [0.29, 0.717) is 16.8 Å². The maximum absolute atomic E-state index is 13.6. The molecule has 2 aromatic rings. The van der Waals surface area contributed by atoms with Gasteiger partial charge in [0.05, 0.1) is 16.4 Å². The highest BCUT2D eigenvalue weighted by molar-refractivity contribution is 6.33. The summed E-state index contributed by atoms with van der Waals surface area (Å²) in [5.41, 5.74) is 7.09. The summed E-state index contributed by atoms with van der Waals surface area (Å²) in [5, 5.41) is 2.82. The second-order valence-corrected chi connectivity index (χ2v) is 4.53. The molecule has 0 aliphatic carbocycles. The third kappa shape index (κ3) is 2.85.